The number of likely N-dealkylation sites (N-methyl/N-ethyl adjacent to an activating group) is 1. The number of hydrogen-bond donors (Lipinski definition) is 2. The third-order valence-corrected chi connectivity index (χ3v) is 3.20. The van der Waals surface area contributed by atoms with Crippen LogP contribution in [0.4, 0.5) is 5.69 Å². The summed E-state index contributed by atoms with van der Waals surface area (Å²) in [6.07, 6.45) is 0. The molecular formula is C13H17N3O2. The summed E-state index contributed by atoms with van der Waals surface area (Å²) >= 11 is 0. The number of amides is 2. The average Bonchev–Trinajstić information content (AvgIpc) is 2.52. The Morgan fingerprint density at radius 3 is 2.67 bits per heavy atom. The van der Waals surface area contributed by atoms with Crippen molar-refractivity contribution in [1.82, 2.24) is 5.32 Å². The van der Waals surface area contributed by atoms with Gasteiger partial charge in [0.1, 0.15) is 12.6 Å². The molecule has 96 valence electrons. The Morgan fingerprint density at radius 2 is 2.11 bits per heavy atom. The molecule has 0 aromatic heterocycles. The van der Waals surface area contributed by atoms with E-state index in [1.807, 2.05) is 26.0 Å². The summed E-state index contributed by atoms with van der Waals surface area (Å²) in [6, 6.07) is 3.56. The molecule has 3 N–H and O–H groups in total. The number of carbonyl (C=O) groups is 2. The predicted octanol–water partition coefficient (Wildman–Crippen LogP) is 0.396. The molecule has 0 saturated carbocycles. The molecule has 0 spiro atoms. The number of benzene rings is 1. The van der Waals surface area contributed by atoms with Crippen LogP contribution in [0.1, 0.15) is 22.7 Å². The van der Waals surface area contributed by atoms with E-state index in [-0.39, 0.29) is 18.5 Å². The lowest BCUT2D eigenvalue weighted by atomic mass is 10.00. The Hall–Kier alpha value is -1.88. The molecule has 0 radical (unpaired) electrons. The van der Waals surface area contributed by atoms with Crippen LogP contribution in [0.3, 0.4) is 0 Å². The number of nitrogens with two attached hydrogens (primary N) is 1. The van der Waals surface area contributed by atoms with Gasteiger partial charge in [0.25, 0.3) is 0 Å². The van der Waals surface area contributed by atoms with Crippen LogP contribution in [-0.4, -0.2) is 25.4 Å². The summed E-state index contributed by atoms with van der Waals surface area (Å²) in [5.74, 6) is -0.634. The maximum absolute atomic E-state index is 12.2. The number of nitrogens with one attached hydrogen (secondary N) is 1. The first-order valence-electron chi connectivity index (χ1n) is 5.83. The van der Waals surface area contributed by atoms with Gasteiger partial charge in [0.2, 0.25) is 11.8 Å². The first-order chi connectivity index (χ1) is 8.45. The Morgan fingerprint density at radius 1 is 1.44 bits per heavy atom. The summed E-state index contributed by atoms with van der Waals surface area (Å²) in [6.45, 7) is 3.86. The lowest BCUT2D eigenvalue weighted by Gasteiger charge is -2.16. The van der Waals surface area contributed by atoms with Crippen molar-refractivity contribution >= 4 is 17.5 Å². The van der Waals surface area contributed by atoms with E-state index in [0.717, 1.165) is 22.4 Å². The van der Waals surface area contributed by atoms with Crippen molar-refractivity contribution in [3.63, 3.8) is 0 Å². The summed E-state index contributed by atoms with van der Waals surface area (Å²) in [4.78, 5) is 24.8. The summed E-state index contributed by atoms with van der Waals surface area (Å²) in [7, 11) is 1.74. The van der Waals surface area contributed by atoms with Gasteiger partial charge in [-0.15, -0.1) is 0 Å². The van der Waals surface area contributed by atoms with Crippen LogP contribution in [0.5, 0.6) is 0 Å². The molecule has 0 saturated heterocycles. The van der Waals surface area contributed by atoms with Crippen molar-refractivity contribution in [2.45, 2.75) is 19.9 Å². The van der Waals surface area contributed by atoms with Crippen LogP contribution in [0.25, 0.3) is 0 Å². The van der Waals surface area contributed by atoms with Crippen molar-refractivity contribution in [3.8, 4) is 0 Å². The largest absolute Gasteiger partial charge is 0.368 e. The number of anilines is 1. The van der Waals surface area contributed by atoms with E-state index in [0.29, 0.717) is 0 Å². The topological polar surface area (TPSA) is 75.4 Å². The van der Waals surface area contributed by atoms with Gasteiger partial charge in [-0.25, -0.2) is 0 Å². The van der Waals surface area contributed by atoms with E-state index in [9.17, 15) is 9.59 Å². The minimum Gasteiger partial charge on any atom is -0.368 e. The molecular weight excluding hydrogens is 230 g/mol. The molecule has 5 nitrogen and oxygen atoms in total. The first-order valence-corrected chi connectivity index (χ1v) is 5.83. The van der Waals surface area contributed by atoms with Gasteiger partial charge < -0.3 is 16.0 Å². The second kappa shape index (κ2) is 4.42. The number of hydrogen-bond acceptors (Lipinski definition) is 3. The van der Waals surface area contributed by atoms with Crippen molar-refractivity contribution in [1.29, 1.82) is 0 Å². The maximum Gasteiger partial charge on any atom is 0.249 e. The standard InChI is InChI=1S/C13H17N3O2/c1-7-4-8(2)11-9(5-7)16(6-10(14)17)13(18)12(11)15-3/h4-5,12,15H,6H2,1-3H3,(H2,14,17). The van der Waals surface area contributed by atoms with Gasteiger partial charge in [-0.3, -0.25) is 9.59 Å². The van der Waals surface area contributed by atoms with Gasteiger partial charge in [0, 0.05) is 5.56 Å². The molecule has 1 atom stereocenters. The Kier molecular flexibility index (Phi) is 3.09. The third-order valence-electron chi connectivity index (χ3n) is 3.20. The van der Waals surface area contributed by atoms with E-state index in [1.165, 1.54) is 4.90 Å². The molecule has 2 amide bonds. The smallest absolute Gasteiger partial charge is 0.249 e. The minimum absolute atomic E-state index is 0.0765. The van der Waals surface area contributed by atoms with E-state index >= 15 is 0 Å². The second-order valence-corrected chi connectivity index (χ2v) is 4.63. The second-order valence-electron chi connectivity index (χ2n) is 4.63. The van der Waals surface area contributed by atoms with Gasteiger partial charge >= 0.3 is 0 Å². The lowest BCUT2D eigenvalue weighted by molar-refractivity contribution is -0.123. The van der Waals surface area contributed by atoms with Crippen LogP contribution in [-0.2, 0) is 9.59 Å². The number of fused-ring (bicyclic) bond motifs is 1. The summed E-state index contributed by atoms with van der Waals surface area (Å²) < 4.78 is 0. The molecule has 1 aromatic rings. The zero-order valence-electron chi connectivity index (χ0n) is 10.8. The number of primary amides is 1. The highest BCUT2D eigenvalue weighted by molar-refractivity contribution is 6.08. The Bertz CT molecular complexity index is 525. The van der Waals surface area contributed by atoms with Crippen molar-refractivity contribution in [3.05, 3.63) is 28.8 Å². The normalized spacial score (nSPS) is 18.1. The van der Waals surface area contributed by atoms with Gasteiger partial charge in [-0.2, -0.15) is 0 Å². The molecule has 1 aliphatic rings. The van der Waals surface area contributed by atoms with Gasteiger partial charge in [-0.1, -0.05) is 6.07 Å². The van der Waals surface area contributed by atoms with Crippen molar-refractivity contribution < 1.29 is 9.59 Å². The van der Waals surface area contributed by atoms with E-state index in [4.69, 9.17) is 5.73 Å². The molecule has 1 heterocycles. The number of aryl methyl sites for hydroxylation is 2. The van der Waals surface area contributed by atoms with E-state index in [1.54, 1.807) is 7.05 Å². The van der Waals surface area contributed by atoms with Crippen molar-refractivity contribution in [2.24, 2.45) is 5.73 Å². The van der Waals surface area contributed by atoms with Crippen LogP contribution >= 0.6 is 0 Å². The highest BCUT2D eigenvalue weighted by atomic mass is 16.2. The highest BCUT2D eigenvalue weighted by Gasteiger charge is 2.38. The number of carbonyl (C=O) groups excluding carboxylic acids is 2. The Labute approximate surface area is 106 Å². The maximum atomic E-state index is 12.2. The molecule has 1 aliphatic heterocycles. The number of nitrogens with zero attached hydrogens (tertiary/aromatic N) is 1. The molecule has 0 aliphatic carbocycles. The zero-order valence-corrected chi connectivity index (χ0v) is 10.8. The molecule has 0 bridgehead atoms. The van der Waals surface area contributed by atoms with Crippen LogP contribution in [0, 0.1) is 13.8 Å². The monoisotopic (exact) mass is 247 g/mol. The fourth-order valence-electron chi connectivity index (χ4n) is 2.54. The van der Waals surface area contributed by atoms with Crippen LogP contribution in [0.15, 0.2) is 12.1 Å². The lowest BCUT2D eigenvalue weighted by Crippen LogP contribution is -2.39. The molecule has 2 rings (SSSR count). The number of rotatable bonds is 3. The SMILES string of the molecule is CNC1C(=O)N(CC(N)=O)c2cc(C)cc(C)c21. The fourth-order valence-corrected chi connectivity index (χ4v) is 2.54. The van der Waals surface area contributed by atoms with Gasteiger partial charge in [0.15, 0.2) is 0 Å². The summed E-state index contributed by atoms with van der Waals surface area (Å²) in [5.41, 5.74) is 9.03. The van der Waals surface area contributed by atoms with E-state index < -0.39 is 5.91 Å². The van der Waals surface area contributed by atoms with Crippen LogP contribution < -0.4 is 16.0 Å². The minimum atomic E-state index is -0.509. The van der Waals surface area contributed by atoms with Crippen molar-refractivity contribution in [2.75, 3.05) is 18.5 Å². The highest BCUT2D eigenvalue weighted by Crippen LogP contribution is 2.38. The summed E-state index contributed by atoms with van der Waals surface area (Å²) in [5, 5.41) is 2.99. The first kappa shape index (κ1) is 12.6. The quantitative estimate of drug-likeness (QED) is 0.811. The Balaban J connectivity index is 2.56. The molecule has 18 heavy (non-hydrogen) atoms. The molecule has 0 fully saturated rings. The molecule has 1 aromatic carbocycles. The zero-order chi connectivity index (χ0) is 13.4. The van der Waals surface area contributed by atoms with Gasteiger partial charge in [0.05, 0.1) is 5.69 Å². The van der Waals surface area contributed by atoms with Gasteiger partial charge in [-0.05, 0) is 38.1 Å². The van der Waals surface area contributed by atoms with E-state index in [2.05, 4.69) is 5.32 Å². The average molecular weight is 247 g/mol. The molecule has 1 unspecified atom stereocenters. The fraction of sp³-hybridized carbons (Fsp3) is 0.385. The predicted molar refractivity (Wildman–Crippen MR) is 69.3 cm³/mol. The van der Waals surface area contributed by atoms with Crippen LogP contribution in [0.2, 0.25) is 0 Å². The molecule has 5 heteroatoms. The third kappa shape index (κ3) is 1.86.